The average Bonchev–Trinajstić information content (AvgIpc) is 2.82. The van der Waals surface area contributed by atoms with Gasteiger partial charge in [0.25, 0.3) is 5.91 Å². The summed E-state index contributed by atoms with van der Waals surface area (Å²) in [6.45, 7) is 6.88. The average molecular weight is 439 g/mol. The molecule has 3 rings (SSSR count). The summed E-state index contributed by atoms with van der Waals surface area (Å²) in [5.74, 6) is 0.0632. The summed E-state index contributed by atoms with van der Waals surface area (Å²) in [6, 6.07) is 13.0. The predicted octanol–water partition coefficient (Wildman–Crippen LogP) is 2.35. The molecule has 0 atom stereocenters. The van der Waals surface area contributed by atoms with E-state index in [1.165, 1.54) is 13.2 Å². The van der Waals surface area contributed by atoms with Crippen LogP contribution in [0.5, 0.6) is 11.5 Å². The Balaban J connectivity index is 1.65. The first kappa shape index (κ1) is 23.1. The lowest BCUT2D eigenvalue weighted by atomic mass is 10.1. The maximum absolute atomic E-state index is 12.6. The number of nitrogens with one attached hydrogen (secondary N) is 1. The second-order valence-electron chi connectivity index (χ2n) is 7.43. The largest absolute Gasteiger partial charge is 0.493 e. The third-order valence-electron chi connectivity index (χ3n) is 5.31. The Kier molecular flexibility index (Phi) is 8.10. The topological polar surface area (TPSA) is 97.1 Å². The van der Waals surface area contributed by atoms with Crippen LogP contribution >= 0.6 is 0 Å². The molecular weight excluding hydrogens is 408 g/mol. The van der Waals surface area contributed by atoms with Gasteiger partial charge in [0.05, 0.1) is 18.5 Å². The molecule has 1 heterocycles. The van der Waals surface area contributed by atoms with Crippen molar-refractivity contribution in [1.29, 1.82) is 0 Å². The molecule has 0 aliphatic carbocycles. The summed E-state index contributed by atoms with van der Waals surface area (Å²) in [5.41, 5.74) is 7.69. The van der Waals surface area contributed by atoms with Gasteiger partial charge in [-0.05, 0) is 42.4 Å². The van der Waals surface area contributed by atoms with Crippen molar-refractivity contribution in [1.82, 2.24) is 4.90 Å². The molecule has 2 aromatic rings. The number of nitrogens with zero attached hydrogens (tertiary/aromatic N) is 2. The molecule has 1 saturated heterocycles. The molecule has 0 aromatic heterocycles. The van der Waals surface area contributed by atoms with Gasteiger partial charge in [-0.1, -0.05) is 25.1 Å². The number of carbonyl (C=O) groups excluding carboxylic acids is 2. The number of methoxy groups -OCH3 is 1. The van der Waals surface area contributed by atoms with E-state index in [-0.39, 0.29) is 12.5 Å². The number of benzene rings is 2. The first-order valence-electron chi connectivity index (χ1n) is 10.6. The number of hydrogen-bond donors (Lipinski definition) is 2. The highest BCUT2D eigenvalue weighted by atomic mass is 16.5. The Bertz CT molecular complexity index is 968. The van der Waals surface area contributed by atoms with Gasteiger partial charge >= 0.3 is 0 Å². The lowest BCUT2D eigenvalue weighted by molar-refractivity contribution is -0.120. The van der Waals surface area contributed by atoms with Crippen molar-refractivity contribution in [2.45, 2.75) is 6.92 Å². The van der Waals surface area contributed by atoms with Gasteiger partial charge in [0, 0.05) is 32.3 Å². The van der Waals surface area contributed by atoms with Crippen LogP contribution in [-0.4, -0.2) is 63.2 Å². The monoisotopic (exact) mass is 438 g/mol. The molecule has 2 amide bonds. The van der Waals surface area contributed by atoms with Crippen molar-refractivity contribution in [3.63, 3.8) is 0 Å². The standard InChI is InChI=1S/C24H30N4O4/c1-3-27-12-14-28(15-13-27)20-7-5-4-6-19(20)26-24(30)11-9-18-8-10-21(22(16-18)31-2)32-17-23(25)29/h4-11,16H,3,12-15,17H2,1-2H3,(H2,25,29)(H,26,30)/b11-9+. The van der Waals surface area contributed by atoms with Gasteiger partial charge in [-0.15, -0.1) is 0 Å². The molecule has 0 spiro atoms. The molecular formula is C24H30N4O4. The maximum atomic E-state index is 12.6. The van der Waals surface area contributed by atoms with Crippen molar-refractivity contribution in [3.05, 3.63) is 54.1 Å². The summed E-state index contributed by atoms with van der Waals surface area (Å²) >= 11 is 0. The minimum Gasteiger partial charge on any atom is -0.493 e. The summed E-state index contributed by atoms with van der Waals surface area (Å²) in [7, 11) is 1.50. The summed E-state index contributed by atoms with van der Waals surface area (Å²) in [5, 5.41) is 2.99. The Morgan fingerprint density at radius 2 is 1.84 bits per heavy atom. The molecule has 0 saturated carbocycles. The number of para-hydroxylation sites is 2. The fourth-order valence-corrected chi connectivity index (χ4v) is 3.56. The molecule has 0 radical (unpaired) electrons. The maximum Gasteiger partial charge on any atom is 0.255 e. The molecule has 8 heteroatoms. The lowest BCUT2D eigenvalue weighted by Gasteiger charge is -2.36. The van der Waals surface area contributed by atoms with Gasteiger partial charge in [0.2, 0.25) is 5.91 Å². The number of likely N-dealkylation sites (N-methyl/N-ethyl adjacent to an activating group) is 1. The minimum atomic E-state index is -0.569. The number of ether oxygens (including phenoxy) is 2. The van der Waals surface area contributed by atoms with E-state index in [1.807, 2.05) is 24.3 Å². The van der Waals surface area contributed by atoms with E-state index < -0.39 is 5.91 Å². The van der Waals surface area contributed by atoms with Crippen LogP contribution in [0, 0.1) is 0 Å². The summed E-state index contributed by atoms with van der Waals surface area (Å²) in [6.07, 6.45) is 3.17. The highest BCUT2D eigenvalue weighted by Gasteiger charge is 2.18. The smallest absolute Gasteiger partial charge is 0.255 e. The van der Waals surface area contributed by atoms with Crippen LogP contribution in [0.25, 0.3) is 6.08 Å². The van der Waals surface area contributed by atoms with Crippen molar-refractivity contribution in [3.8, 4) is 11.5 Å². The number of piperazine rings is 1. The number of rotatable bonds is 9. The van der Waals surface area contributed by atoms with E-state index in [2.05, 4.69) is 22.0 Å². The van der Waals surface area contributed by atoms with Gasteiger partial charge in [-0.2, -0.15) is 0 Å². The first-order valence-corrected chi connectivity index (χ1v) is 10.6. The fourth-order valence-electron chi connectivity index (χ4n) is 3.56. The van der Waals surface area contributed by atoms with Crippen LogP contribution < -0.4 is 25.4 Å². The number of nitrogens with two attached hydrogens (primary N) is 1. The SMILES string of the molecule is CCN1CCN(c2ccccc2NC(=O)/C=C/c2ccc(OCC(N)=O)c(OC)c2)CC1. The van der Waals surface area contributed by atoms with Crippen molar-refractivity contribution in [2.24, 2.45) is 5.73 Å². The van der Waals surface area contributed by atoms with Crippen LogP contribution in [0.15, 0.2) is 48.5 Å². The van der Waals surface area contributed by atoms with Crippen LogP contribution in [0.4, 0.5) is 11.4 Å². The first-order chi connectivity index (χ1) is 15.5. The third-order valence-corrected chi connectivity index (χ3v) is 5.31. The molecule has 1 aliphatic rings. The van der Waals surface area contributed by atoms with E-state index in [1.54, 1.807) is 24.3 Å². The fraction of sp³-hybridized carbons (Fsp3) is 0.333. The van der Waals surface area contributed by atoms with Crippen LogP contribution in [0.2, 0.25) is 0 Å². The highest BCUT2D eigenvalue weighted by Crippen LogP contribution is 2.29. The molecule has 0 bridgehead atoms. The third kappa shape index (κ3) is 6.24. The second-order valence-corrected chi connectivity index (χ2v) is 7.43. The number of anilines is 2. The normalized spacial score (nSPS) is 14.4. The van der Waals surface area contributed by atoms with Crippen molar-refractivity contribution < 1.29 is 19.1 Å². The number of hydrogen-bond acceptors (Lipinski definition) is 6. The number of primary amides is 1. The summed E-state index contributed by atoms with van der Waals surface area (Å²) < 4.78 is 10.6. The van der Waals surface area contributed by atoms with Crippen molar-refractivity contribution in [2.75, 3.05) is 56.7 Å². The molecule has 1 fully saturated rings. The van der Waals surface area contributed by atoms with Crippen molar-refractivity contribution >= 4 is 29.3 Å². The Labute approximate surface area is 188 Å². The van der Waals surface area contributed by atoms with E-state index in [0.29, 0.717) is 11.5 Å². The van der Waals surface area contributed by atoms with Crippen LogP contribution in [-0.2, 0) is 9.59 Å². The Morgan fingerprint density at radius 3 is 2.53 bits per heavy atom. The quantitative estimate of drug-likeness (QED) is 0.584. The van der Waals surface area contributed by atoms with Gasteiger partial charge in [-0.3, -0.25) is 9.59 Å². The van der Waals surface area contributed by atoms with Gasteiger partial charge in [-0.25, -0.2) is 0 Å². The van der Waals surface area contributed by atoms with E-state index in [9.17, 15) is 9.59 Å². The Hall–Kier alpha value is -3.52. The van der Waals surface area contributed by atoms with Gasteiger partial charge in [0.1, 0.15) is 0 Å². The Morgan fingerprint density at radius 1 is 1.09 bits per heavy atom. The van der Waals surface area contributed by atoms with Gasteiger partial charge < -0.3 is 30.3 Å². The molecule has 8 nitrogen and oxygen atoms in total. The molecule has 3 N–H and O–H groups in total. The number of carbonyl (C=O) groups is 2. The van der Waals surface area contributed by atoms with Gasteiger partial charge in [0.15, 0.2) is 18.1 Å². The zero-order valence-electron chi connectivity index (χ0n) is 18.5. The summed E-state index contributed by atoms with van der Waals surface area (Å²) in [4.78, 5) is 28.2. The number of amides is 2. The predicted molar refractivity (Wildman–Crippen MR) is 126 cm³/mol. The highest BCUT2D eigenvalue weighted by molar-refractivity contribution is 6.03. The van der Waals surface area contributed by atoms with E-state index in [0.717, 1.165) is 49.7 Å². The molecule has 2 aromatic carbocycles. The lowest BCUT2D eigenvalue weighted by Crippen LogP contribution is -2.46. The molecule has 1 aliphatic heterocycles. The molecule has 32 heavy (non-hydrogen) atoms. The minimum absolute atomic E-state index is 0.224. The van der Waals surface area contributed by atoms with E-state index >= 15 is 0 Å². The molecule has 0 unspecified atom stereocenters. The van der Waals surface area contributed by atoms with Crippen LogP contribution in [0.3, 0.4) is 0 Å². The van der Waals surface area contributed by atoms with E-state index in [4.69, 9.17) is 15.2 Å². The second kappa shape index (κ2) is 11.2. The molecule has 170 valence electrons. The zero-order chi connectivity index (χ0) is 22.9. The zero-order valence-corrected chi connectivity index (χ0v) is 18.5. The van der Waals surface area contributed by atoms with Crippen LogP contribution in [0.1, 0.15) is 12.5 Å².